The van der Waals surface area contributed by atoms with Gasteiger partial charge >= 0.3 is 11.9 Å². The van der Waals surface area contributed by atoms with E-state index in [4.69, 9.17) is 4.74 Å². The fourth-order valence-electron chi connectivity index (χ4n) is 2.00. The van der Waals surface area contributed by atoms with Gasteiger partial charge in [-0.2, -0.15) is 0 Å². The van der Waals surface area contributed by atoms with Crippen molar-refractivity contribution in [2.75, 3.05) is 13.7 Å². The second kappa shape index (κ2) is 12.0. The largest absolute Gasteiger partial charge is 0.461 e. The molecule has 0 bridgehead atoms. The summed E-state index contributed by atoms with van der Waals surface area (Å²) < 4.78 is 9.32. The zero-order chi connectivity index (χ0) is 14.5. The van der Waals surface area contributed by atoms with E-state index >= 15 is 0 Å². The number of carbonyl (C=O) groups is 2. The van der Waals surface area contributed by atoms with Crippen LogP contribution in [0.5, 0.6) is 0 Å². The van der Waals surface area contributed by atoms with Crippen LogP contribution in [-0.4, -0.2) is 25.7 Å². The highest BCUT2D eigenvalue weighted by Gasteiger charge is 2.18. The molecule has 0 aliphatic carbocycles. The Kier molecular flexibility index (Phi) is 11.3. The van der Waals surface area contributed by atoms with Gasteiger partial charge in [0, 0.05) is 0 Å². The van der Waals surface area contributed by atoms with Crippen LogP contribution in [0.3, 0.4) is 0 Å². The summed E-state index contributed by atoms with van der Waals surface area (Å²) in [6, 6.07) is 0. The Bertz CT molecular complexity index is 251. The third-order valence-electron chi connectivity index (χ3n) is 3.23. The topological polar surface area (TPSA) is 52.6 Å². The van der Waals surface area contributed by atoms with Gasteiger partial charge in [0.1, 0.15) is 0 Å². The van der Waals surface area contributed by atoms with Crippen LogP contribution in [0.25, 0.3) is 0 Å². The quantitative estimate of drug-likeness (QED) is 0.347. The number of carbonyl (C=O) groups excluding carboxylic acids is 2. The number of ether oxygens (including phenoxy) is 2. The van der Waals surface area contributed by atoms with Gasteiger partial charge in [-0.3, -0.25) is 0 Å². The zero-order valence-electron chi connectivity index (χ0n) is 12.6. The summed E-state index contributed by atoms with van der Waals surface area (Å²) in [7, 11) is 1.18. The molecule has 0 saturated heterocycles. The molecule has 0 N–H and O–H groups in total. The van der Waals surface area contributed by atoms with E-state index < -0.39 is 11.9 Å². The van der Waals surface area contributed by atoms with Crippen LogP contribution in [-0.2, 0) is 19.1 Å². The van der Waals surface area contributed by atoms with Crippen LogP contribution in [0.1, 0.15) is 65.2 Å². The van der Waals surface area contributed by atoms with E-state index in [0.29, 0.717) is 12.5 Å². The first-order valence-electron chi connectivity index (χ1n) is 7.40. The fourth-order valence-corrected chi connectivity index (χ4v) is 2.00. The molecule has 1 atom stereocenters. The van der Waals surface area contributed by atoms with Crippen molar-refractivity contribution in [3.8, 4) is 0 Å². The predicted molar refractivity (Wildman–Crippen MR) is 74.7 cm³/mol. The highest BCUT2D eigenvalue weighted by atomic mass is 16.6. The van der Waals surface area contributed by atoms with Gasteiger partial charge < -0.3 is 9.47 Å². The molecule has 0 radical (unpaired) electrons. The van der Waals surface area contributed by atoms with Crippen molar-refractivity contribution in [2.24, 2.45) is 5.92 Å². The molecule has 0 fully saturated rings. The summed E-state index contributed by atoms with van der Waals surface area (Å²) in [6.07, 6.45) is 9.25. The maximum Gasteiger partial charge on any atom is 0.417 e. The minimum absolute atomic E-state index is 0.333. The van der Waals surface area contributed by atoms with Crippen LogP contribution < -0.4 is 0 Å². The Morgan fingerprint density at radius 2 is 1.53 bits per heavy atom. The first kappa shape index (κ1) is 17.9. The Labute approximate surface area is 116 Å². The third kappa shape index (κ3) is 9.51. The normalized spacial score (nSPS) is 11.9. The standard InChI is InChI=1S/C15H28O4/c1-4-6-8-9-11-13(10-7-5-2)12-19-15(17)14(16)18-3/h13H,4-12H2,1-3H3. The van der Waals surface area contributed by atoms with Crippen molar-refractivity contribution in [3.63, 3.8) is 0 Å². The Morgan fingerprint density at radius 3 is 2.11 bits per heavy atom. The molecule has 0 aromatic rings. The summed E-state index contributed by atoms with van der Waals surface area (Å²) in [4.78, 5) is 22.2. The van der Waals surface area contributed by atoms with Crippen molar-refractivity contribution in [3.05, 3.63) is 0 Å². The number of methoxy groups -OCH3 is 1. The molecule has 0 aromatic carbocycles. The fraction of sp³-hybridized carbons (Fsp3) is 0.867. The highest BCUT2D eigenvalue weighted by molar-refractivity contribution is 6.29. The second-order valence-electron chi connectivity index (χ2n) is 4.95. The lowest BCUT2D eigenvalue weighted by molar-refractivity contribution is -0.166. The summed E-state index contributed by atoms with van der Waals surface area (Å²) in [5.74, 6) is -1.43. The molecule has 4 heteroatoms. The van der Waals surface area contributed by atoms with Crippen LogP contribution >= 0.6 is 0 Å². The predicted octanol–water partition coefficient (Wildman–Crippen LogP) is 3.48. The molecule has 0 rings (SSSR count). The molecule has 0 aliphatic rings. The molecule has 0 amide bonds. The minimum Gasteiger partial charge on any atom is -0.461 e. The number of esters is 2. The Morgan fingerprint density at radius 1 is 0.895 bits per heavy atom. The van der Waals surface area contributed by atoms with E-state index in [0.717, 1.165) is 32.1 Å². The number of rotatable bonds is 10. The van der Waals surface area contributed by atoms with Crippen molar-refractivity contribution in [2.45, 2.75) is 65.2 Å². The van der Waals surface area contributed by atoms with Crippen LogP contribution in [0.2, 0.25) is 0 Å². The first-order valence-corrected chi connectivity index (χ1v) is 7.40. The number of hydrogen-bond donors (Lipinski definition) is 0. The Hall–Kier alpha value is -1.06. The lowest BCUT2D eigenvalue weighted by Crippen LogP contribution is -2.22. The van der Waals surface area contributed by atoms with Gasteiger partial charge in [0.15, 0.2) is 0 Å². The molecule has 4 nitrogen and oxygen atoms in total. The lowest BCUT2D eigenvalue weighted by Gasteiger charge is -2.16. The second-order valence-corrected chi connectivity index (χ2v) is 4.95. The molecule has 1 unspecified atom stereocenters. The van der Waals surface area contributed by atoms with Crippen molar-refractivity contribution in [1.29, 1.82) is 0 Å². The molecule has 19 heavy (non-hydrogen) atoms. The van der Waals surface area contributed by atoms with E-state index in [1.54, 1.807) is 0 Å². The number of hydrogen-bond acceptors (Lipinski definition) is 4. The Balaban J connectivity index is 3.97. The molecule has 0 aromatic heterocycles. The van der Waals surface area contributed by atoms with Gasteiger partial charge in [-0.15, -0.1) is 0 Å². The van der Waals surface area contributed by atoms with Crippen LogP contribution in [0.15, 0.2) is 0 Å². The van der Waals surface area contributed by atoms with Gasteiger partial charge in [-0.1, -0.05) is 52.4 Å². The van der Waals surface area contributed by atoms with Crippen LogP contribution in [0.4, 0.5) is 0 Å². The minimum atomic E-state index is -0.916. The molecule has 0 saturated carbocycles. The molecule has 0 spiro atoms. The summed E-state index contributed by atoms with van der Waals surface area (Å²) >= 11 is 0. The molecular weight excluding hydrogens is 244 g/mol. The summed E-state index contributed by atoms with van der Waals surface area (Å²) in [5, 5.41) is 0. The van der Waals surface area contributed by atoms with Crippen molar-refractivity contribution >= 4 is 11.9 Å². The molecule has 0 heterocycles. The summed E-state index contributed by atoms with van der Waals surface area (Å²) in [5.41, 5.74) is 0. The van der Waals surface area contributed by atoms with Gasteiger partial charge in [-0.05, 0) is 18.8 Å². The molecular formula is C15H28O4. The van der Waals surface area contributed by atoms with Gasteiger partial charge in [0.2, 0.25) is 0 Å². The van der Waals surface area contributed by atoms with Crippen molar-refractivity contribution in [1.82, 2.24) is 0 Å². The van der Waals surface area contributed by atoms with Crippen molar-refractivity contribution < 1.29 is 19.1 Å². The molecule has 0 aliphatic heterocycles. The SMILES string of the molecule is CCCCCCC(CCCC)COC(=O)C(=O)OC. The van der Waals surface area contributed by atoms with E-state index in [-0.39, 0.29) is 0 Å². The average Bonchev–Trinajstić information content (AvgIpc) is 2.44. The zero-order valence-corrected chi connectivity index (χ0v) is 12.6. The molecule has 112 valence electrons. The maximum absolute atomic E-state index is 11.2. The monoisotopic (exact) mass is 272 g/mol. The van der Waals surface area contributed by atoms with Crippen LogP contribution in [0, 0.1) is 5.92 Å². The van der Waals surface area contributed by atoms with E-state index in [1.165, 1.54) is 26.4 Å². The summed E-state index contributed by atoms with van der Waals surface area (Å²) in [6.45, 7) is 4.67. The average molecular weight is 272 g/mol. The first-order chi connectivity index (χ1) is 9.15. The number of unbranched alkanes of at least 4 members (excludes halogenated alkanes) is 4. The van der Waals surface area contributed by atoms with E-state index in [1.807, 2.05) is 0 Å². The van der Waals surface area contributed by atoms with E-state index in [2.05, 4.69) is 18.6 Å². The van der Waals surface area contributed by atoms with E-state index in [9.17, 15) is 9.59 Å². The van der Waals surface area contributed by atoms with Gasteiger partial charge in [0.25, 0.3) is 0 Å². The maximum atomic E-state index is 11.2. The third-order valence-corrected chi connectivity index (χ3v) is 3.23. The highest BCUT2D eigenvalue weighted by Crippen LogP contribution is 2.17. The smallest absolute Gasteiger partial charge is 0.417 e. The van der Waals surface area contributed by atoms with Gasteiger partial charge in [-0.25, -0.2) is 9.59 Å². The van der Waals surface area contributed by atoms with Gasteiger partial charge in [0.05, 0.1) is 13.7 Å². The lowest BCUT2D eigenvalue weighted by atomic mass is 9.96.